The van der Waals surface area contributed by atoms with E-state index in [1.165, 1.54) is 321 Å². The molecule has 0 fully saturated rings. The molecule has 4 nitrogen and oxygen atoms in total. The smallest absolute Gasteiger partial charge is 0.303 e. The average molecular weight is 891 g/mol. The molecule has 1 unspecified atom stereocenters. The van der Waals surface area contributed by atoms with Crippen molar-refractivity contribution in [2.45, 2.75) is 354 Å². The monoisotopic (exact) mass is 890 g/mol. The molecular formula is C59H119NO3. The fraction of sp³-hybridized carbons (Fsp3) is 0.983. The Morgan fingerprint density at radius 1 is 0.317 bits per heavy atom. The molecule has 0 heterocycles. The van der Waals surface area contributed by atoms with Crippen LogP contribution in [0.25, 0.3) is 0 Å². The van der Waals surface area contributed by atoms with Gasteiger partial charge in [-0.25, -0.2) is 0 Å². The van der Waals surface area contributed by atoms with Gasteiger partial charge in [-0.3, -0.25) is 4.79 Å². The molecule has 0 aliphatic heterocycles. The van der Waals surface area contributed by atoms with Crippen molar-refractivity contribution in [2.75, 3.05) is 13.2 Å². The van der Waals surface area contributed by atoms with Gasteiger partial charge in [-0.15, -0.1) is 0 Å². The Morgan fingerprint density at radius 2 is 0.524 bits per heavy atom. The summed E-state index contributed by atoms with van der Waals surface area (Å²) in [6, 6.07) is 0. The number of rotatable bonds is 57. The molecule has 0 bridgehead atoms. The van der Waals surface area contributed by atoms with Gasteiger partial charge in [0.1, 0.15) is 0 Å². The fourth-order valence-electron chi connectivity index (χ4n) is 10.6. The number of hydrogen-bond acceptors (Lipinski definition) is 3. The fourth-order valence-corrected chi connectivity index (χ4v) is 10.6. The predicted molar refractivity (Wildman–Crippen MR) is 281 cm³/mol. The maximum Gasteiger partial charge on any atom is 0.303 e. The van der Waals surface area contributed by atoms with Crippen LogP contribution in [0.4, 0.5) is 0 Å². The standard InChI is InChI=1S/C59H119NO3/c1-2-3-4-5-6-7-8-17-24-31-38-45-52-59(55-48-41-34-27-20-13-14-21-28-35-42-49-56-60,53-46-39-32-25-18-11-9-15-22-29-36-43-50-57-61)54-47-40-33-26-19-12-10-16-23-30-37-44-51-58(62)63/h61H,2-57,60H2,1H3,(H,62,63). The van der Waals surface area contributed by atoms with Gasteiger partial charge in [-0.05, 0) is 56.9 Å². The van der Waals surface area contributed by atoms with Crippen LogP contribution in [0.5, 0.6) is 0 Å². The Labute approximate surface area is 397 Å². The lowest BCUT2D eigenvalue weighted by Gasteiger charge is -2.35. The summed E-state index contributed by atoms with van der Waals surface area (Å²) < 4.78 is 0. The van der Waals surface area contributed by atoms with E-state index in [2.05, 4.69) is 6.92 Å². The van der Waals surface area contributed by atoms with Crippen LogP contribution in [0.2, 0.25) is 0 Å². The summed E-state index contributed by atoms with van der Waals surface area (Å²) in [5.41, 5.74) is 6.27. The second kappa shape index (κ2) is 54.0. The summed E-state index contributed by atoms with van der Waals surface area (Å²) in [5.74, 6) is -0.645. The molecule has 4 N–H and O–H groups in total. The third-order valence-electron chi connectivity index (χ3n) is 14.9. The summed E-state index contributed by atoms with van der Waals surface area (Å²) in [5, 5.41) is 17.8. The number of carboxylic acid groups (broad SMARTS) is 1. The molecular weight excluding hydrogens is 771 g/mol. The van der Waals surface area contributed by atoms with Gasteiger partial charge in [0.15, 0.2) is 0 Å². The zero-order chi connectivity index (χ0) is 45.7. The normalized spacial score (nSPS) is 12.7. The molecule has 0 radical (unpaired) electrons. The molecule has 0 rings (SSSR count). The Balaban J connectivity index is 4.93. The van der Waals surface area contributed by atoms with Crippen LogP contribution in [0, 0.1) is 5.41 Å². The molecule has 0 amide bonds. The molecule has 378 valence electrons. The lowest BCUT2D eigenvalue weighted by molar-refractivity contribution is -0.137. The van der Waals surface area contributed by atoms with Crippen molar-refractivity contribution in [3.8, 4) is 0 Å². The van der Waals surface area contributed by atoms with Gasteiger partial charge in [0.2, 0.25) is 0 Å². The molecule has 4 heteroatoms. The second-order valence-electron chi connectivity index (χ2n) is 21.1. The molecule has 63 heavy (non-hydrogen) atoms. The van der Waals surface area contributed by atoms with E-state index >= 15 is 0 Å². The Hall–Kier alpha value is -0.610. The van der Waals surface area contributed by atoms with E-state index in [1.807, 2.05) is 0 Å². The van der Waals surface area contributed by atoms with Crippen LogP contribution in [0.3, 0.4) is 0 Å². The van der Waals surface area contributed by atoms with Crippen molar-refractivity contribution in [3.05, 3.63) is 0 Å². The Bertz CT molecular complexity index is 849. The first-order valence-electron chi connectivity index (χ1n) is 29.6. The van der Waals surface area contributed by atoms with Gasteiger partial charge in [0.25, 0.3) is 0 Å². The van der Waals surface area contributed by atoms with Gasteiger partial charge in [0, 0.05) is 13.0 Å². The molecule has 0 saturated carbocycles. The molecule has 0 aliphatic rings. The predicted octanol–water partition coefficient (Wildman–Crippen LogP) is 20.1. The van der Waals surface area contributed by atoms with E-state index < -0.39 is 5.97 Å². The maximum atomic E-state index is 10.7. The number of unbranched alkanes of at least 4 members (excludes halogenated alkanes) is 45. The molecule has 0 aromatic carbocycles. The van der Waals surface area contributed by atoms with Crippen LogP contribution in [-0.4, -0.2) is 29.3 Å². The van der Waals surface area contributed by atoms with E-state index in [0.29, 0.717) is 18.4 Å². The SMILES string of the molecule is CCCCCCCCCCCCCCC(CCCCCCCCCCCCCCN)(CCCCCCCCCCCCCCCO)CCCCCCCCCCCCCCC(=O)O. The highest BCUT2D eigenvalue weighted by Gasteiger charge is 2.28. The third-order valence-corrected chi connectivity index (χ3v) is 14.9. The minimum absolute atomic E-state index is 0.340. The van der Waals surface area contributed by atoms with Gasteiger partial charge >= 0.3 is 5.97 Å². The largest absolute Gasteiger partial charge is 0.481 e. The number of aliphatic hydroxyl groups excluding tert-OH is 1. The van der Waals surface area contributed by atoms with Crippen molar-refractivity contribution in [1.82, 2.24) is 0 Å². The van der Waals surface area contributed by atoms with Gasteiger partial charge in [0.05, 0.1) is 0 Å². The minimum Gasteiger partial charge on any atom is -0.481 e. The number of carbonyl (C=O) groups is 1. The number of aliphatic hydroxyl groups is 1. The molecule has 0 saturated heterocycles. The second-order valence-corrected chi connectivity index (χ2v) is 21.1. The lowest BCUT2D eigenvalue weighted by atomic mass is 9.70. The summed E-state index contributed by atoms with van der Waals surface area (Å²) in [4.78, 5) is 10.7. The maximum absolute atomic E-state index is 10.7. The van der Waals surface area contributed by atoms with E-state index in [1.54, 1.807) is 0 Å². The van der Waals surface area contributed by atoms with Crippen molar-refractivity contribution in [3.63, 3.8) is 0 Å². The number of nitrogens with two attached hydrogens (primary N) is 1. The molecule has 0 aliphatic carbocycles. The topological polar surface area (TPSA) is 83.5 Å². The van der Waals surface area contributed by atoms with Crippen LogP contribution < -0.4 is 5.73 Å². The van der Waals surface area contributed by atoms with Crippen molar-refractivity contribution in [2.24, 2.45) is 11.1 Å². The van der Waals surface area contributed by atoms with Crippen LogP contribution in [0.15, 0.2) is 0 Å². The van der Waals surface area contributed by atoms with E-state index in [4.69, 9.17) is 15.9 Å². The summed E-state index contributed by atoms with van der Waals surface area (Å²) in [6.45, 7) is 3.55. The van der Waals surface area contributed by atoms with Crippen molar-refractivity contribution in [1.29, 1.82) is 0 Å². The van der Waals surface area contributed by atoms with Gasteiger partial charge < -0.3 is 15.9 Å². The Morgan fingerprint density at radius 3 is 0.746 bits per heavy atom. The quantitative estimate of drug-likeness (QED) is 0.0531. The summed E-state index contributed by atoms with van der Waals surface area (Å²) >= 11 is 0. The minimum atomic E-state index is -0.645. The van der Waals surface area contributed by atoms with Gasteiger partial charge in [-0.1, -0.05) is 302 Å². The first-order valence-corrected chi connectivity index (χ1v) is 29.6. The van der Waals surface area contributed by atoms with Gasteiger partial charge in [-0.2, -0.15) is 0 Å². The van der Waals surface area contributed by atoms with Crippen LogP contribution in [-0.2, 0) is 4.79 Å². The summed E-state index contributed by atoms with van der Waals surface area (Å²) in [6.07, 6.45) is 74.2. The first-order chi connectivity index (χ1) is 31.1. The van der Waals surface area contributed by atoms with Crippen molar-refractivity contribution >= 4 is 5.97 Å². The number of hydrogen-bond donors (Lipinski definition) is 3. The first kappa shape index (κ1) is 62.4. The third kappa shape index (κ3) is 50.6. The van der Waals surface area contributed by atoms with Crippen molar-refractivity contribution < 1.29 is 15.0 Å². The molecule has 0 spiro atoms. The lowest BCUT2D eigenvalue weighted by Crippen LogP contribution is -2.21. The van der Waals surface area contributed by atoms with Crippen LogP contribution >= 0.6 is 0 Å². The molecule has 1 atom stereocenters. The van der Waals surface area contributed by atoms with E-state index in [9.17, 15) is 4.79 Å². The molecule has 0 aromatic rings. The highest BCUT2D eigenvalue weighted by atomic mass is 16.4. The summed E-state index contributed by atoms with van der Waals surface area (Å²) in [7, 11) is 0. The number of aliphatic carboxylic acids is 1. The van der Waals surface area contributed by atoms with E-state index in [0.717, 1.165) is 25.8 Å². The van der Waals surface area contributed by atoms with E-state index in [-0.39, 0.29) is 0 Å². The highest BCUT2D eigenvalue weighted by molar-refractivity contribution is 5.66. The Kier molecular flexibility index (Phi) is 53.5. The highest BCUT2D eigenvalue weighted by Crippen LogP contribution is 2.42. The zero-order valence-corrected chi connectivity index (χ0v) is 43.5. The molecule has 0 aromatic heterocycles. The van der Waals surface area contributed by atoms with Crippen LogP contribution in [0.1, 0.15) is 354 Å². The zero-order valence-electron chi connectivity index (χ0n) is 43.5. The average Bonchev–Trinajstić information content (AvgIpc) is 3.28. The number of carboxylic acids is 1.